The van der Waals surface area contributed by atoms with Gasteiger partial charge in [-0.15, -0.1) is 5.10 Å². The number of hydrogen-bond acceptors (Lipinski definition) is 7. The van der Waals surface area contributed by atoms with E-state index in [0.717, 1.165) is 49.9 Å². The lowest BCUT2D eigenvalue weighted by molar-refractivity contribution is 0.269. The number of aromatic nitrogens is 3. The van der Waals surface area contributed by atoms with Crippen LogP contribution in [-0.2, 0) is 0 Å². The first-order valence-electron chi connectivity index (χ1n) is 8.37. The Hall–Kier alpha value is -2.41. The van der Waals surface area contributed by atoms with Gasteiger partial charge in [0.05, 0.1) is 6.20 Å². The molecule has 1 aliphatic heterocycles. The van der Waals surface area contributed by atoms with E-state index in [9.17, 15) is 0 Å². The highest BCUT2D eigenvalue weighted by Gasteiger charge is 2.18. The van der Waals surface area contributed by atoms with Crippen molar-refractivity contribution in [1.29, 1.82) is 0 Å². The molecule has 1 N–H and O–H groups in total. The minimum atomic E-state index is 0.695. The third kappa shape index (κ3) is 3.91. The standard InChI is InChI=1S/C17H25N7/c1-4-23-9-11-24(12-10-23)17-20-16(13-18-21-17)19-14-5-7-15(8-6-14)22(2)3/h5-8,13H,4,9-12H2,1-3H3,(H,19,20,21). The summed E-state index contributed by atoms with van der Waals surface area (Å²) in [6, 6.07) is 8.22. The van der Waals surface area contributed by atoms with Gasteiger partial charge in [0, 0.05) is 51.6 Å². The number of rotatable bonds is 5. The molecule has 0 amide bonds. The second-order valence-corrected chi connectivity index (χ2v) is 6.13. The molecule has 7 nitrogen and oxygen atoms in total. The zero-order chi connectivity index (χ0) is 16.9. The highest BCUT2D eigenvalue weighted by atomic mass is 15.4. The minimum Gasteiger partial charge on any atom is -0.378 e. The van der Waals surface area contributed by atoms with Crippen molar-refractivity contribution in [2.75, 3.05) is 61.9 Å². The quantitative estimate of drug-likeness (QED) is 0.899. The van der Waals surface area contributed by atoms with E-state index in [0.29, 0.717) is 5.95 Å². The Morgan fingerprint density at radius 1 is 1.08 bits per heavy atom. The first-order valence-corrected chi connectivity index (χ1v) is 8.37. The van der Waals surface area contributed by atoms with Crippen LogP contribution in [0.25, 0.3) is 0 Å². The molecule has 1 fully saturated rings. The van der Waals surface area contributed by atoms with E-state index in [1.165, 1.54) is 0 Å². The van der Waals surface area contributed by atoms with E-state index in [2.05, 4.69) is 54.3 Å². The highest BCUT2D eigenvalue weighted by Crippen LogP contribution is 2.20. The first-order chi connectivity index (χ1) is 11.7. The van der Waals surface area contributed by atoms with Gasteiger partial charge >= 0.3 is 0 Å². The van der Waals surface area contributed by atoms with Crippen molar-refractivity contribution < 1.29 is 0 Å². The fraction of sp³-hybridized carbons (Fsp3) is 0.471. The van der Waals surface area contributed by atoms with Gasteiger partial charge < -0.3 is 20.0 Å². The maximum Gasteiger partial charge on any atom is 0.247 e. The summed E-state index contributed by atoms with van der Waals surface area (Å²) < 4.78 is 0. The van der Waals surface area contributed by atoms with Gasteiger partial charge in [-0.2, -0.15) is 10.1 Å². The molecular weight excluding hydrogens is 302 g/mol. The third-order valence-electron chi connectivity index (χ3n) is 4.31. The van der Waals surface area contributed by atoms with Crippen molar-refractivity contribution in [2.45, 2.75) is 6.92 Å². The van der Waals surface area contributed by atoms with Crippen molar-refractivity contribution in [3.05, 3.63) is 30.5 Å². The maximum absolute atomic E-state index is 4.61. The molecule has 0 saturated carbocycles. The average Bonchev–Trinajstić information content (AvgIpc) is 2.62. The molecule has 0 bridgehead atoms. The van der Waals surface area contributed by atoms with Gasteiger partial charge in [-0.3, -0.25) is 0 Å². The summed E-state index contributed by atoms with van der Waals surface area (Å²) in [6.45, 7) is 7.26. The van der Waals surface area contributed by atoms with Gasteiger partial charge in [0.25, 0.3) is 0 Å². The molecule has 2 heterocycles. The summed E-state index contributed by atoms with van der Waals surface area (Å²) in [5.74, 6) is 1.41. The van der Waals surface area contributed by atoms with Crippen molar-refractivity contribution in [3.8, 4) is 0 Å². The molecule has 0 aliphatic carbocycles. The fourth-order valence-corrected chi connectivity index (χ4v) is 2.74. The van der Waals surface area contributed by atoms with Crippen LogP contribution in [0.5, 0.6) is 0 Å². The predicted molar refractivity (Wildman–Crippen MR) is 98.2 cm³/mol. The summed E-state index contributed by atoms with van der Waals surface area (Å²) in [5, 5.41) is 11.6. The molecule has 0 atom stereocenters. The molecule has 1 aromatic heterocycles. The summed E-state index contributed by atoms with van der Waals surface area (Å²) in [5.41, 5.74) is 2.15. The fourth-order valence-electron chi connectivity index (χ4n) is 2.74. The van der Waals surface area contributed by atoms with Crippen LogP contribution in [0, 0.1) is 0 Å². The Kier molecular flexibility index (Phi) is 5.10. The van der Waals surface area contributed by atoms with Gasteiger partial charge in [-0.1, -0.05) is 6.92 Å². The van der Waals surface area contributed by atoms with Gasteiger partial charge in [-0.05, 0) is 30.8 Å². The van der Waals surface area contributed by atoms with Gasteiger partial charge in [0.15, 0.2) is 5.82 Å². The molecular formula is C17H25N7. The second-order valence-electron chi connectivity index (χ2n) is 6.13. The number of hydrogen-bond donors (Lipinski definition) is 1. The number of nitrogens with zero attached hydrogens (tertiary/aromatic N) is 6. The normalized spacial score (nSPS) is 15.4. The predicted octanol–water partition coefficient (Wildman–Crippen LogP) is 1.82. The van der Waals surface area contributed by atoms with Crippen LogP contribution < -0.4 is 15.1 Å². The topological polar surface area (TPSA) is 60.4 Å². The smallest absolute Gasteiger partial charge is 0.247 e. The first kappa shape index (κ1) is 16.4. The SMILES string of the molecule is CCN1CCN(c2nncc(Nc3ccc(N(C)C)cc3)n2)CC1. The summed E-state index contributed by atoms with van der Waals surface area (Å²) in [4.78, 5) is 11.3. The van der Waals surface area contributed by atoms with E-state index in [1.54, 1.807) is 6.20 Å². The van der Waals surface area contributed by atoms with Crippen molar-refractivity contribution in [1.82, 2.24) is 20.1 Å². The number of piperazine rings is 1. The highest BCUT2D eigenvalue weighted by molar-refractivity contribution is 5.60. The number of anilines is 4. The van der Waals surface area contributed by atoms with Crippen LogP contribution in [-0.4, -0.2) is 66.9 Å². The monoisotopic (exact) mass is 327 g/mol. The summed E-state index contributed by atoms with van der Waals surface area (Å²) in [6.07, 6.45) is 1.66. The zero-order valence-electron chi connectivity index (χ0n) is 14.6. The lowest BCUT2D eigenvalue weighted by Crippen LogP contribution is -2.46. The van der Waals surface area contributed by atoms with E-state index < -0.39 is 0 Å². The van der Waals surface area contributed by atoms with Crippen molar-refractivity contribution >= 4 is 23.1 Å². The summed E-state index contributed by atoms with van der Waals surface area (Å²) in [7, 11) is 4.06. The van der Waals surface area contributed by atoms with Crippen LogP contribution in [0.4, 0.5) is 23.1 Å². The van der Waals surface area contributed by atoms with Gasteiger partial charge in [-0.25, -0.2) is 0 Å². The van der Waals surface area contributed by atoms with Crippen molar-refractivity contribution in [3.63, 3.8) is 0 Å². The lowest BCUT2D eigenvalue weighted by atomic mass is 10.2. The van der Waals surface area contributed by atoms with Gasteiger partial charge in [0.2, 0.25) is 5.95 Å². The number of benzene rings is 1. The Labute approximate surface area is 143 Å². The lowest BCUT2D eigenvalue weighted by Gasteiger charge is -2.33. The molecule has 128 valence electrons. The van der Waals surface area contributed by atoms with E-state index in [1.807, 2.05) is 26.2 Å². The number of nitrogens with one attached hydrogen (secondary N) is 1. The van der Waals surface area contributed by atoms with Crippen LogP contribution in [0.1, 0.15) is 6.92 Å². The van der Waals surface area contributed by atoms with Crippen LogP contribution in [0.15, 0.2) is 30.5 Å². The average molecular weight is 327 g/mol. The second kappa shape index (κ2) is 7.44. The molecule has 0 spiro atoms. The molecule has 1 saturated heterocycles. The van der Waals surface area contributed by atoms with E-state index in [-0.39, 0.29) is 0 Å². The van der Waals surface area contributed by atoms with Crippen molar-refractivity contribution in [2.24, 2.45) is 0 Å². The molecule has 0 radical (unpaired) electrons. The van der Waals surface area contributed by atoms with Crippen LogP contribution in [0.2, 0.25) is 0 Å². The number of likely N-dealkylation sites (N-methyl/N-ethyl adjacent to an activating group) is 1. The van der Waals surface area contributed by atoms with E-state index in [4.69, 9.17) is 0 Å². The Balaban J connectivity index is 1.67. The molecule has 24 heavy (non-hydrogen) atoms. The molecule has 7 heteroatoms. The molecule has 3 rings (SSSR count). The molecule has 1 aromatic carbocycles. The zero-order valence-corrected chi connectivity index (χ0v) is 14.6. The van der Waals surface area contributed by atoms with Crippen LogP contribution in [0.3, 0.4) is 0 Å². The Bertz CT molecular complexity index is 648. The van der Waals surface area contributed by atoms with Gasteiger partial charge in [0.1, 0.15) is 0 Å². The Morgan fingerprint density at radius 2 is 1.79 bits per heavy atom. The largest absolute Gasteiger partial charge is 0.378 e. The molecule has 2 aromatic rings. The molecule has 1 aliphatic rings. The molecule has 0 unspecified atom stereocenters. The minimum absolute atomic E-state index is 0.695. The maximum atomic E-state index is 4.61. The summed E-state index contributed by atoms with van der Waals surface area (Å²) >= 11 is 0. The Morgan fingerprint density at radius 3 is 2.42 bits per heavy atom. The van der Waals surface area contributed by atoms with E-state index >= 15 is 0 Å². The third-order valence-corrected chi connectivity index (χ3v) is 4.31. The van der Waals surface area contributed by atoms with Crippen LogP contribution >= 0.6 is 0 Å².